The number of hydrogen-bond acceptors (Lipinski definition) is 8. The Hall–Kier alpha value is -2.73. The summed E-state index contributed by atoms with van der Waals surface area (Å²) in [5.74, 6) is -0.169. The Morgan fingerprint density at radius 2 is 1.61 bits per heavy atom. The predicted molar refractivity (Wildman–Crippen MR) is 140 cm³/mol. The summed E-state index contributed by atoms with van der Waals surface area (Å²) >= 11 is 0. The van der Waals surface area contributed by atoms with Gasteiger partial charge in [-0.3, -0.25) is 20.2 Å². The number of hydrogen-bond donors (Lipinski definition) is 4. The minimum Gasteiger partial charge on any atom is -0.506 e. The predicted octanol–water partition coefficient (Wildman–Crippen LogP) is 3.72. The van der Waals surface area contributed by atoms with Crippen molar-refractivity contribution in [3.63, 3.8) is 0 Å². The van der Waals surface area contributed by atoms with Crippen LogP contribution in [0.15, 0.2) is 42.5 Å². The number of sulfonamides is 1. The number of benzene rings is 2. The Morgan fingerprint density at radius 1 is 0.972 bits per heavy atom. The van der Waals surface area contributed by atoms with E-state index in [9.17, 15) is 28.7 Å². The van der Waals surface area contributed by atoms with Gasteiger partial charge in [0.1, 0.15) is 12.0 Å². The molecule has 1 atom stereocenters. The minimum absolute atomic E-state index is 0.0916. The van der Waals surface area contributed by atoms with Crippen LogP contribution in [0.2, 0.25) is 0 Å². The van der Waals surface area contributed by atoms with Gasteiger partial charge >= 0.3 is 0 Å². The number of phenolic OH excluding ortho intramolecular Hbond substituents is 1. The summed E-state index contributed by atoms with van der Waals surface area (Å²) in [6.45, 7) is 2.09. The molecule has 0 aromatic heterocycles. The van der Waals surface area contributed by atoms with Gasteiger partial charge in [-0.25, -0.2) is 8.42 Å². The molecule has 0 aliphatic rings. The first-order valence-electron chi connectivity index (χ1n) is 12.2. The third-order valence-electron chi connectivity index (χ3n) is 5.53. The maximum Gasteiger partial charge on any atom is 0.269 e. The summed E-state index contributed by atoms with van der Waals surface area (Å²) in [5, 5.41) is 33.7. The molecular weight excluding hydrogens is 486 g/mol. The molecular formula is C25H37N3O7S. The molecule has 0 aliphatic carbocycles. The van der Waals surface area contributed by atoms with Crippen LogP contribution < -0.4 is 10.0 Å². The maximum absolute atomic E-state index is 11.4. The molecule has 200 valence electrons. The van der Waals surface area contributed by atoms with E-state index in [4.69, 9.17) is 4.74 Å². The molecule has 2 rings (SSSR count). The van der Waals surface area contributed by atoms with Gasteiger partial charge in [-0.15, -0.1) is 0 Å². The number of phenols is 1. The van der Waals surface area contributed by atoms with Crippen LogP contribution in [0.3, 0.4) is 0 Å². The molecule has 0 aliphatic heterocycles. The molecule has 0 saturated carbocycles. The molecule has 4 N–H and O–H groups in total. The molecule has 10 nitrogen and oxygen atoms in total. The third-order valence-corrected chi connectivity index (χ3v) is 6.12. The minimum atomic E-state index is -3.51. The van der Waals surface area contributed by atoms with Crippen molar-refractivity contribution in [1.82, 2.24) is 5.32 Å². The van der Waals surface area contributed by atoms with Gasteiger partial charge in [0.2, 0.25) is 10.0 Å². The fraction of sp³-hybridized carbons (Fsp3) is 0.520. The van der Waals surface area contributed by atoms with Gasteiger partial charge in [-0.2, -0.15) is 0 Å². The molecule has 0 spiro atoms. The van der Waals surface area contributed by atoms with E-state index in [0.717, 1.165) is 63.4 Å². The highest BCUT2D eigenvalue weighted by molar-refractivity contribution is 7.92. The SMILES string of the molecule is CS(=O)(=O)Nc1cc(CC(O)NCCCCCCOCCCCc2ccc([N+](=O)[O-])cc2)ccc1O. The second kappa shape index (κ2) is 15.4. The van der Waals surface area contributed by atoms with E-state index in [0.29, 0.717) is 18.7 Å². The lowest BCUT2D eigenvalue weighted by Gasteiger charge is -2.14. The van der Waals surface area contributed by atoms with Gasteiger partial charge in [0.25, 0.3) is 5.69 Å². The number of aromatic hydroxyl groups is 1. The first-order valence-corrected chi connectivity index (χ1v) is 14.1. The van der Waals surface area contributed by atoms with Crippen molar-refractivity contribution in [2.45, 2.75) is 57.6 Å². The van der Waals surface area contributed by atoms with Crippen molar-refractivity contribution in [2.75, 3.05) is 30.7 Å². The summed E-state index contributed by atoms with van der Waals surface area (Å²) in [6.07, 6.45) is 7.30. The lowest BCUT2D eigenvalue weighted by atomic mass is 10.1. The zero-order chi connectivity index (χ0) is 26.4. The Balaban J connectivity index is 1.46. The molecule has 36 heavy (non-hydrogen) atoms. The number of anilines is 1. The van der Waals surface area contributed by atoms with Gasteiger partial charge < -0.3 is 14.9 Å². The maximum atomic E-state index is 11.4. The highest BCUT2D eigenvalue weighted by Gasteiger charge is 2.11. The molecule has 2 aromatic rings. The third kappa shape index (κ3) is 12.3. The first-order chi connectivity index (χ1) is 17.1. The largest absolute Gasteiger partial charge is 0.506 e. The number of ether oxygens (including phenoxy) is 1. The quantitative estimate of drug-likeness (QED) is 0.0759. The molecule has 0 amide bonds. The lowest BCUT2D eigenvalue weighted by Crippen LogP contribution is -2.31. The Morgan fingerprint density at radius 3 is 2.28 bits per heavy atom. The van der Waals surface area contributed by atoms with E-state index in [2.05, 4.69) is 10.0 Å². The van der Waals surface area contributed by atoms with Crippen molar-refractivity contribution in [1.29, 1.82) is 0 Å². The second-order valence-electron chi connectivity index (χ2n) is 8.81. The van der Waals surface area contributed by atoms with Crippen LogP contribution in [0.25, 0.3) is 0 Å². The Kier molecular flexibility index (Phi) is 12.6. The number of nitro groups is 1. The van der Waals surface area contributed by atoms with E-state index >= 15 is 0 Å². The molecule has 1 unspecified atom stereocenters. The van der Waals surface area contributed by atoms with Gasteiger partial charge in [-0.05, 0) is 61.9 Å². The number of aliphatic hydroxyl groups excluding tert-OH is 1. The van der Waals surface area contributed by atoms with Crippen molar-refractivity contribution in [2.24, 2.45) is 0 Å². The van der Waals surface area contributed by atoms with Crippen LogP contribution in [0.4, 0.5) is 11.4 Å². The zero-order valence-corrected chi connectivity index (χ0v) is 21.5. The van der Waals surface area contributed by atoms with Gasteiger partial charge in [0.15, 0.2) is 0 Å². The standard InChI is InChI=1S/C25H37N3O7S/c1-36(33,34)27-23-18-21(11-14-24(23)29)19-25(30)26-15-5-2-3-6-16-35-17-7-4-8-20-9-12-22(13-10-20)28(31)32/h9-14,18,25-27,29-30H,2-8,15-17,19H2,1H3. The van der Waals surface area contributed by atoms with Crippen LogP contribution in [-0.2, 0) is 27.6 Å². The highest BCUT2D eigenvalue weighted by atomic mass is 32.2. The molecule has 0 heterocycles. The van der Waals surface area contributed by atoms with Crippen LogP contribution in [0.1, 0.15) is 49.7 Å². The van der Waals surface area contributed by atoms with Gasteiger partial charge in [0.05, 0.1) is 16.9 Å². The highest BCUT2D eigenvalue weighted by Crippen LogP contribution is 2.25. The summed E-state index contributed by atoms with van der Waals surface area (Å²) in [6, 6.07) is 11.2. The number of rotatable bonds is 18. The molecule has 0 radical (unpaired) electrons. The number of nitro benzene ring substituents is 1. The lowest BCUT2D eigenvalue weighted by molar-refractivity contribution is -0.384. The van der Waals surface area contributed by atoms with Crippen molar-refractivity contribution < 1.29 is 28.3 Å². The van der Waals surface area contributed by atoms with E-state index in [-0.39, 0.29) is 23.5 Å². The Labute approximate surface area is 212 Å². The second-order valence-corrected chi connectivity index (χ2v) is 10.6. The van der Waals surface area contributed by atoms with Crippen LogP contribution >= 0.6 is 0 Å². The average molecular weight is 524 g/mol. The summed E-state index contributed by atoms with van der Waals surface area (Å²) in [7, 11) is -3.51. The molecule has 2 aromatic carbocycles. The van der Waals surface area contributed by atoms with E-state index < -0.39 is 21.2 Å². The Bertz CT molecular complexity index is 1050. The van der Waals surface area contributed by atoms with Crippen molar-refractivity contribution in [3.05, 3.63) is 63.7 Å². The number of aryl methyl sites for hydroxylation is 1. The number of unbranched alkanes of at least 4 members (excludes halogenated alkanes) is 4. The van der Waals surface area contributed by atoms with Gasteiger partial charge in [-0.1, -0.05) is 31.0 Å². The summed E-state index contributed by atoms with van der Waals surface area (Å²) in [5.41, 5.74) is 2.00. The monoisotopic (exact) mass is 523 g/mol. The number of nitrogens with zero attached hydrogens (tertiary/aromatic N) is 1. The normalized spacial score (nSPS) is 12.4. The number of nitrogens with one attached hydrogen (secondary N) is 2. The molecule has 0 bridgehead atoms. The molecule has 0 fully saturated rings. The van der Waals surface area contributed by atoms with Crippen LogP contribution in [0, 0.1) is 10.1 Å². The average Bonchev–Trinajstić information content (AvgIpc) is 2.81. The summed E-state index contributed by atoms with van der Waals surface area (Å²) < 4.78 is 30.7. The topological polar surface area (TPSA) is 151 Å². The smallest absolute Gasteiger partial charge is 0.269 e. The fourth-order valence-corrected chi connectivity index (χ4v) is 4.22. The zero-order valence-electron chi connectivity index (χ0n) is 20.7. The van der Waals surface area contributed by atoms with Crippen molar-refractivity contribution >= 4 is 21.4 Å². The van der Waals surface area contributed by atoms with E-state index in [1.54, 1.807) is 18.2 Å². The van der Waals surface area contributed by atoms with E-state index in [1.165, 1.54) is 24.3 Å². The van der Waals surface area contributed by atoms with Crippen LogP contribution in [-0.4, -0.2) is 55.8 Å². The fourth-order valence-electron chi connectivity index (χ4n) is 3.66. The van der Waals surface area contributed by atoms with Crippen molar-refractivity contribution in [3.8, 4) is 5.75 Å². The molecule has 11 heteroatoms. The summed E-state index contributed by atoms with van der Waals surface area (Å²) in [4.78, 5) is 10.3. The first kappa shape index (κ1) is 29.5. The van der Waals surface area contributed by atoms with Crippen LogP contribution in [0.5, 0.6) is 5.75 Å². The van der Waals surface area contributed by atoms with E-state index in [1.807, 2.05) is 0 Å². The number of non-ortho nitro benzene ring substituents is 1. The van der Waals surface area contributed by atoms with Gasteiger partial charge in [0, 0.05) is 31.8 Å². The molecule has 0 saturated heterocycles. The number of aliphatic hydroxyl groups is 1.